The number of para-hydroxylation sites is 1. The summed E-state index contributed by atoms with van der Waals surface area (Å²) in [5.74, 6) is 0.700. The Bertz CT molecular complexity index is 981. The summed E-state index contributed by atoms with van der Waals surface area (Å²) in [6.07, 6.45) is 3.77. The van der Waals surface area contributed by atoms with Crippen LogP contribution in [0.15, 0.2) is 48.8 Å². The van der Waals surface area contributed by atoms with Gasteiger partial charge in [0.25, 0.3) is 0 Å². The number of pyridine rings is 1. The number of methoxy groups -OCH3 is 2. The van der Waals surface area contributed by atoms with E-state index in [4.69, 9.17) is 21.1 Å². The highest BCUT2D eigenvalue weighted by Crippen LogP contribution is 2.33. The average Bonchev–Trinajstić information content (AvgIpc) is 3.15. The first kappa shape index (κ1) is 17.7. The Morgan fingerprint density at radius 3 is 2.65 bits per heavy atom. The van der Waals surface area contributed by atoms with E-state index >= 15 is 0 Å². The number of halogens is 1. The minimum absolute atomic E-state index is 0.239. The van der Waals surface area contributed by atoms with E-state index in [0.717, 1.165) is 0 Å². The van der Waals surface area contributed by atoms with Gasteiger partial charge in [0.2, 0.25) is 5.78 Å². The third kappa shape index (κ3) is 3.07. The van der Waals surface area contributed by atoms with Crippen LogP contribution >= 0.6 is 11.6 Å². The number of hydrogen-bond acceptors (Lipinski definition) is 5. The second kappa shape index (κ2) is 7.41. The molecule has 0 aliphatic carbocycles. The smallest absolute Gasteiger partial charge is 0.200 e. The summed E-state index contributed by atoms with van der Waals surface area (Å²) < 4.78 is 12.1. The highest BCUT2D eigenvalue weighted by atomic mass is 35.5. The van der Waals surface area contributed by atoms with E-state index in [-0.39, 0.29) is 11.3 Å². The lowest BCUT2D eigenvalue weighted by Gasteiger charge is -2.14. The molecule has 26 heavy (non-hydrogen) atoms. The molecule has 0 amide bonds. The maximum atomic E-state index is 13.2. The highest BCUT2D eigenvalue weighted by Gasteiger charge is 2.23. The topological polar surface area (TPSA) is 70.4 Å². The van der Waals surface area contributed by atoms with E-state index in [1.54, 1.807) is 36.5 Å². The van der Waals surface area contributed by atoms with E-state index in [1.807, 2.05) is 0 Å². The van der Waals surface area contributed by atoms with Crippen molar-refractivity contribution >= 4 is 23.7 Å². The molecule has 2 heterocycles. The van der Waals surface area contributed by atoms with Crippen molar-refractivity contribution in [3.05, 3.63) is 70.6 Å². The zero-order valence-electron chi connectivity index (χ0n) is 14.1. The Morgan fingerprint density at radius 1 is 1.15 bits per heavy atom. The van der Waals surface area contributed by atoms with Gasteiger partial charge in [0, 0.05) is 12.4 Å². The van der Waals surface area contributed by atoms with E-state index in [2.05, 4.69) is 4.98 Å². The van der Waals surface area contributed by atoms with E-state index in [0.29, 0.717) is 39.9 Å². The number of hydrogen-bond donors (Lipinski definition) is 0. The van der Waals surface area contributed by atoms with Crippen molar-refractivity contribution in [3.63, 3.8) is 0 Å². The van der Waals surface area contributed by atoms with Crippen molar-refractivity contribution in [1.29, 1.82) is 0 Å². The molecule has 0 radical (unpaired) electrons. The second-order valence-corrected chi connectivity index (χ2v) is 5.75. The summed E-state index contributed by atoms with van der Waals surface area (Å²) in [7, 11) is 2.96. The number of rotatable bonds is 6. The summed E-state index contributed by atoms with van der Waals surface area (Å²) in [4.78, 5) is 28.7. The number of ketones is 1. The molecule has 6 nitrogen and oxygen atoms in total. The Hall–Kier alpha value is -3.12. The molecule has 3 rings (SSSR count). The van der Waals surface area contributed by atoms with Crippen LogP contribution in [0.4, 0.5) is 0 Å². The highest BCUT2D eigenvalue weighted by molar-refractivity contribution is 6.31. The van der Waals surface area contributed by atoms with Gasteiger partial charge in [-0.2, -0.15) is 0 Å². The first-order valence-electron chi connectivity index (χ1n) is 7.64. The largest absolute Gasteiger partial charge is 0.493 e. The number of nitrogens with zero attached hydrogens (tertiary/aromatic N) is 2. The van der Waals surface area contributed by atoms with Crippen LogP contribution in [0.2, 0.25) is 5.02 Å². The molecule has 0 aliphatic heterocycles. The maximum Gasteiger partial charge on any atom is 0.200 e. The van der Waals surface area contributed by atoms with Crippen molar-refractivity contribution in [3.8, 4) is 17.3 Å². The van der Waals surface area contributed by atoms with Crippen LogP contribution in [0.3, 0.4) is 0 Å². The van der Waals surface area contributed by atoms with Crippen LogP contribution < -0.4 is 9.47 Å². The summed E-state index contributed by atoms with van der Waals surface area (Å²) in [5, 5.41) is 0.304. The summed E-state index contributed by atoms with van der Waals surface area (Å²) >= 11 is 6.07. The standard InChI is InChI=1S/C19H15ClN2O4/c1-25-16-7-3-6-14(18(16)26-2)17(24)15-9-12(20)10-21-19(15)22-8-4-5-13(22)11-23/h3-11H,1-2H3. The fourth-order valence-corrected chi connectivity index (χ4v) is 2.84. The lowest BCUT2D eigenvalue weighted by atomic mass is 10.0. The van der Waals surface area contributed by atoms with Crippen molar-refractivity contribution in [2.45, 2.75) is 0 Å². The molecule has 132 valence electrons. The minimum Gasteiger partial charge on any atom is -0.493 e. The van der Waals surface area contributed by atoms with Crippen LogP contribution in [0.5, 0.6) is 11.5 Å². The molecule has 0 saturated carbocycles. The van der Waals surface area contributed by atoms with Gasteiger partial charge in [-0.05, 0) is 30.3 Å². The Balaban J connectivity index is 2.20. The molecule has 2 aromatic heterocycles. The zero-order chi connectivity index (χ0) is 18.7. The molecule has 0 saturated heterocycles. The average molecular weight is 371 g/mol. The predicted octanol–water partition coefficient (Wildman–Crippen LogP) is 3.59. The fraction of sp³-hybridized carbons (Fsp3) is 0.105. The van der Waals surface area contributed by atoms with Crippen LogP contribution in [0.1, 0.15) is 26.4 Å². The van der Waals surface area contributed by atoms with Crippen molar-refractivity contribution in [2.75, 3.05) is 14.2 Å². The van der Waals surface area contributed by atoms with Crippen LogP contribution in [0, 0.1) is 0 Å². The molecule has 0 unspecified atom stereocenters. The number of benzene rings is 1. The van der Waals surface area contributed by atoms with Crippen molar-refractivity contribution < 1.29 is 19.1 Å². The van der Waals surface area contributed by atoms with E-state index < -0.39 is 0 Å². The van der Waals surface area contributed by atoms with Gasteiger partial charge in [-0.15, -0.1) is 0 Å². The first-order chi connectivity index (χ1) is 12.6. The second-order valence-electron chi connectivity index (χ2n) is 5.32. The third-order valence-corrected chi connectivity index (χ3v) is 4.06. The summed E-state index contributed by atoms with van der Waals surface area (Å²) in [6.45, 7) is 0. The Labute approximate surface area is 154 Å². The first-order valence-corrected chi connectivity index (χ1v) is 8.02. The quantitative estimate of drug-likeness (QED) is 0.490. The number of ether oxygens (including phenoxy) is 2. The normalized spacial score (nSPS) is 10.4. The van der Waals surface area contributed by atoms with Gasteiger partial charge in [0.15, 0.2) is 17.8 Å². The van der Waals surface area contributed by atoms with Crippen LogP contribution in [-0.2, 0) is 0 Å². The lowest BCUT2D eigenvalue weighted by molar-refractivity contribution is 0.103. The molecule has 0 fully saturated rings. The predicted molar refractivity (Wildman–Crippen MR) is 96.9 cm³/mol. The maximum absolute atomic E-state index is 13.2. The molecule has 0 spiro atoms. The van der Waals surface area contributed by atoms with E-state index in [9.17, 15) is 9.59 Å². The SMILES string of the molecule is COc1cccc(C(=O)c2cc(Cl)cnc2-n2cccc2C=O)c1OC. The van der Waals surface area contributed by atoms with Gasteiger partial charge in [0.1, 0.15) is 5.82 Å². The van der Waals surface area contributed by atoms with Crippen LogP contribution in [-0.4, -0.2) is 35.8 Å². The molecular formula is C19H15ClN2O4. The molecule has 0 bridgehead atoms. The third-order valence-electron chi connectivity index (χ3n) is 3.85. The monoisotopic (exact) mass is 370 g/mol. The van der Waals surface area contributed by atoms with Gasteiger partial charge in [0.05, 0.1) is 36.1 Å². The lowest BCUT2D eigenvalue weighted by Crippen LogP contribution is -2.12. The Kier molecular flexibility index (Phi) is 5.04. The number of aldehydes is 1. The Morgan fingerprint density at radius 2 is 1.96 bits per heavy atom. The molecule has 3 aromatic rings. The molecule has 1 aromatic carbocycles. The molecule has 7 heteroatoms. The molecule has 0 aliphatic rings. The van der Waals surface area contributed by atoms with Gasteiger partial charge in [-0.25, -0.2) is 4.98 Å². The van der Waals surface area contributed by atoms with Gasteiger partial charge >= 0.3 is 0 Å². The molecular weight excluding hydrogens is 356 g/mol. The van der Waals surface area contributed by atoms with Gasteiger partial charge < -0.3 is 9.47 Å². The zero-order valence-corrected chi connectivity index (χ0v) is 14.9. The molecule has 0 N–H and O–H groups in total. The van der Waals surface area contributed by atoms with Gasteiger partial charge in [-0.3, -0.25) is 14.2 Å². The summed E-state index contributed by atoms with van der Waals surface area (Å²) in [5.41, 5.74) is 0.909. The van der Waals surface area contributed by atoms with E-state index in [1.165, 1.54) is 31.0 Å². The minimum atomic E-state index is -0.351. The number of carbonyl (C=O) groups excluding carboxylic acids is 2. The number of aromatic nitrogens is 2. The van der Waals surface area contributed by atoms with Crippen LogP contribution in [0.25, 0.3) is 5.82 Å². The summed E-state index contributed by atoms with van der Waals surface area (Å²) in [6, 6.07) is 9.86. The molecule has 0 atom stereocenters. The number of carbonyl (C=O) groups is 2. The van der Waals surface area contributed by atoms with Gasteiger partial charge in [-0.1, -0.05) is 17.7 Å². The van der Waals surface area contributed by atoms with Crippen molar-refractivity contribution in [2.24, 2.45) is 0 Å². The fourth-order valence-electron chi connectivity index (χ4n) is 2.69. The van der Waals surface area contributed by atoms with Crippen molar-refractivity contribution in [1.82, 2.24) is 9.55 Å².